The number of hydrogen-bond acceptors (Lipinski definition) is 4. The lowest BCUT2D eigenvalue weighted by Gasteiger charge is -2.21. The molecule has 6 aromatic rings. The van der Waals surface area contributed by atoms with Crippen LogP contribution in [0.4, 0.5) is 0 Å². The van der Waals surface area contributed by atoms with E-state index in [2.05, 4.69) is 131 Å². The number of aryl methyl sites for hydroxylation is 2. The maximum atomic E-state index is 5.99. The van der Waals surface area contributed by atoms with Crippen molar-refractivity contribution in [3.05, 3.63) is 180 Å². The highest BCUT2D eigenvalue weighted by Crippen LogP contribution is 2.21. The number of ether oxygens (including phenoxy) is 2. The summed E-state index contributed by atoms with van der Waals surface area (Å²) in [5, 5.41) is 8.66. The zero-order valence-corrected chi connectivity index (χ0v) is 31.8. The molecular weight excluding hydrogens is 641 g/mol. The van der Waals surface area contributed by atoms with Gasteiger partial charge in [-0.3, -0.25) is 9.36 Å². The molecular formula is C46H56N4O2. The van der Waals surface area contributed by atoms with E-state index in [1.165, 1.54) is 34.2 Å². The average Bonchev–Trinajstić information content (AvgIpc) is 3.89. The third-order valence-corrected chi connectivity index (χ3v) is 8.44. The summed E-state index contributed by atoms with van der Waals surface area (Å²) in [6.45, 7) is 14.1. The first kappa shape index (κ1) is 39.4. The predicted molar refractivity (Wildman–Crippen MR) is 215 cm³/mol. The summed E-state index contributed by atoms with van der Waals surface area (Å²) in [7, 11) is 0. The molecule has 0 amide bonds. The smallest absolute Gasteiger partial charge is 0.119 e. The van der Waals surface area contributed by atoms with Crippen LogP contribution in [0.2, 0.25) is 0 Å². The maximum absolute atomic E-state index is 5.99. The second kappa shape index (κ2) is 21.8. The topological polar surface area (TPSA) is 54.1 Å². The van der Waals surface area contributed by atoms with Crippen molar-refractivity contribution < 1.29 is 9.47 Å². The molecule has 0 spiro atoms. The molecule has 0 aliphatic rings. The van der Waals surface area contributed by atoms with E-state index in [9.17, 15) is 0 Å². The Bertz CT molecular complexity index is 1790. The lowest BCUT2D eigenvalue weighted by atomic mass is 10.1. The largest absolute Gasteiger partial charge is 0.491 e. The van der Waals surface area contributed by atoms with Gasteiger partial charge in [0.25, 0.3) is 0 Å². The number of nitrogens with zero attached hydrogens (tertiary/aromatic N) is 4. The minimum absolute atomic E-state index is 0.101. The van der Waals surface area contributed by atoms with Gasteiger partial charge in [-0.25, -0.2) is 0 Å². The Balaban J connectivity index is 0.000000199. The lowest BCUT2D eigenvalue weighted by Crippen LogP contribution is -2.22. The summed E-state index contributed by atoms with van der Waals surface area (Å²) in [5.41, 5.74) is 6.54. The molecule has 0 aliphatic carbocycles. The van der Waals surface area contributed by atoms with Crippen molar-refractivity contribution in [3.63, 3.8) is 0 Å². The molecule has 6 heteroatoms. The molecule has 6 rings (SSSR count). The number of benzene rings is 4. The molecule has 0 aliphatic heterocycles. The van der Waals surface area contributed by atoms with E-state index < -0.39 is 0 Å². The van der Waals surface area contributed by atoms with Crippen LogP contribution < -0.4 is 9.47 Å². The number of allylic oxidation sites excluding steroid dienone is 1. The van der Waals surface area contributed by atoms with Crippen LogP contribution in [0.5, 0.6) is 11.5 Å². The van der Waals surface area contributed by atoms with Crippen molar-refractivity contribution in [2.75, 3.05) is 13.2 Å². The fourth-order valence-corrected chi connectivity index (χ4v) is 5.59. The van der Waals surface area contributed by atoms with Crippen molar-refractivity contribution in [2.24, 2.45) is 5.92 Å². The highest BCUT2D eigenvalue weighted by atomic mass is 16.5. The fraction of sp³-hybridized carbons (Fsp3) is 0.304. The van der Waals surface area contributed by atoms with Gasteiger partial charge in [0.2, 0.25) is 0 Å². The first-order chi connectivity index (χ1) is 25.3. The van der Waals surface area contributed by atoms with Gasteiger partial charge < -0.3 is 9.47 Å². The summed E-state index contributed by atoms with van der Waals surface area (Å²) >= 11 is 0. The monoisotopic (exact) mass is 696 g/mol. The minimum Gasteiger partial charge on any atom is -0.491 e. The van der Waals surface area contributed by atoms with Crippen LogP contribution in [0, 0.1) is 12.8 Å². The summed E-state index contributed by atoms with van der Waals surface area (Å²) < 4.78 is 15.8. The van der Waals surface area contributed by atoms with Crippen LogP contribution in [0.15, 0.2) is 158 Å². The molecule has 2 aromatic heterocycles. The quantitative estimate of drug-likeness (QED) is 0.106. The first-order valence-corrected chi connectivity index (χ1v) is 18.4. The molecule has 0 saturated carbocycles. The Kier molecular flexibility index (Phi) is 16.5. The summed E-state index contributed by atoms with van der Waals surface area (Å²) in [6, 6.07) is 41.8. The highest BCUT2D eigenvalue weighted by Gasteiger charge is 2.16. The molecule has 272 valence electrons. The molecule has 0 fully saturated rings. The van der Waals surface area contributed by atoms with Gasteiger partial charge >= 0.3 is 0 Å². The fourth-order valence-electron chi connectivity index (χ4n) is 5.59. The lowest BCUT2D eigenvalue weighted by molar-refractivity contribution is 0.200. The van der Waals surface area contributed by atoms with Crippen molar-refractivity contribution in [3.8, 4) is 11.5 Å². The van der Waals surface area contributed by atoms with Gasteiger partial charge in [-0.2, -0.15) is 10.2 Å². The van der Waals surface area contributed by atoms with E-state index in [-0.39, 0.29) is 12.1 Å². The normalized spacial score (nSPS) is 11.7. The third-order valence-electron chi connectivity index (χ3n) is 8.44. The van der Waals surface area contributed by atoms with Gasteiger partial charge in [-0.15, -0.1) is 0 Å². The van der Waals surface area contributed by atoms with Gasteiger partial charge in [0.05, 0.1) is 6.04 Å². The molecule has 52 heavy (non-hydrogen) atoms. The standard InChI is InChI=1S/C22H24N2O.C17H24N2O.C7H8/c1-18(2)15-21(24-14-6-13-23-24)17-25-22-11-9-20(10-12-22)16-19-7-4-3-5-8-19;1-4-6-15-7-9-16(10-8-15)20-13-17(14(2)3)19-12-5-11-18-19;1-7-5-3-2-4-6-7/h3-15,21H,16-17H2,1-2H3;5,7-12,14,17H,4,6,13H2,1-3H3;2-6H,1H3. The zero-order chi connectivity index (χ0) is 37.0. The maximum Gasteiger partial charge on any atom is 0.119 e. The Morgan fingerprint density at radius 2 is 1.15 bits per heavy atom. The number of rotatable bonds is 14. The molecule has 0 saturated heterocycles. The van der Waals surface area contributed by atoms with Gasteiger partial charge in [-0.1, -0.05) is 129 Å². The SMILES string of the molecule is CC(C)=CC(COc1ccc(Cc2ccccc2)cc1)n1cccn1.CCCc1ccc(OCC(C(C)C)n2cccn2)cc1.Cc1ccccc1. The van der Waals surface area contributed by atoms with E-state index >= 15 is 0 Å². The second-order valence-electron chi connectivity index (χ2n) is 13.6. The van der Waals surface area contributed by atoms with Crippen molar-refractivity contribution in [1.29, 1.82) is 0 Å². The minimum atomic E-state index is 0.101. The number of aromatic nitrogens is 4. The summed E-state index contributed by atoms with van der Waals surface area (Å²) in [5.74, 6) is 2.30. The van der Waals surface area contributed by atoms with E-state index in [1.54, 1.807) is 6.20 Å². The Morgan fingerprint density at radius 1 is 0.635 bits per heavy atom. The Morgan fingerprint density at radius 3 is 1.63 bits per heavy atom. The number of hydrogen-bond donors (Lipinski definition) is 0. The van der Waals surface area contributed by atoms with E-state index in [0.29, 0.717) is 19.1 Å². The first-order valence-electron chi connectivity index (χ1n) is 18.4. The molecule has 2 heterocycles. The Hall–Kier alpha value is -5.36. The molecule has 0 N–H and O–H groups in total. The van der Waals surface area contributed by atoms with Crippen LogP contribution in [0.25, 0.3) is 0 Å². The molecule has 0 radical (unpaired) electrons. The van der Waals surface area contributed by atoms with Crippen LogP contribution in [-0.4, -0.2) is 32.8 Å². The molecule has 6 nitrogen and oxygen atoms in total. The van der Waals surface area contributed by atoms with Gasteiger partial charge in [0.1, 0.15) is 30.8 Å². The molecule has 0 bridgehead atoms. The second-order valence-corrected chi connectivity index (χ2v) is 13.6. The van der Waals surface area contributed by atoms with Gasteiger partial charge in [0, 0.05) is 24.8 Å². The van der Waals surface area contributed by atoms with Crippen LogP contribution in [-0.2, 0) is 12.8 Å². The molecule has 2 atom stereocenters. The molecule has 4 aromatic carbocycles. The highest BCUT2D eigenvalue weighted by molar-refractivity contribution is 5.31. The van der Waals surface area contributed by atoms with Crippen LogP contribution in [0.3, 0.4) is 0 Å². The van der Waals surface area contributed by atoms with E-state index in [1.807, 2.05) is 76.5 Å². The van der Waals surface area contributed by atoms with E-state index in [0.717, 1.165) is 24.3 Å². The van der Waals surface area contributed by atoms with Crippen molar-refractivity contribution in [2.45, 2.75) is 72.9 Å². The summed E-state index contributed by atoms with van der Waals surface area (Å²) in [6.07, 6.45) is 13.0. The molecule has 2 unspecified atom stereocenters. The van der Waals surface area contributed by atoms with Crippen molar-refractivity contribution in [1.82, 2.24) is 19.6 Å². The Labute approximate surface area is 311 Å². The van der Waals surface area contributed by atoms with Gasteiger partial charge in [-0.05, 0) is 92.6 Å². The predicted octanol–water partition coefficient (Wildman–Crippen LogP) is 11.2. The van der Waals surface area contributed by atoms with Crippen LogP contribution in [0.1, 0.15) is 75.4 Å². The average molecular weight is 697 g/mol. The van der Waals surface area contributed by atoms with Crippen molar-refractivity contribution >= 4 is 0 Å². The van der Waals surface area contributed by atoms with Gasteiger partial charge in [0.15, 0.2) is 0 Å². The summed E-state index contributed by atoms with van der Waals surface area (Å²) in [4.78, 5) is 0. The third kappa shape index (κ3) is 14.1. The van der Waals surface area contributed by atoms with E-state index in [4.69, 9.17) is 9.47 Å². The zero-order valence-electron chi connectivity index (χ0n) is 31.8. The van der Waals surface area contributed by atoms with Crippen LogP contribution >= 0.6 is 0 Å².